The molecule has 24 heavy (non-hydrogen) atoms. The van der Waals surface area contributed by atoms with Crippen LogP contribution in [0.15, 0.2) is 40.0 Å². The third kappa shape index (κ3) is 2.86. The van der Waals surface area contributed by atoms with E-state index in [9.17, 15) is 0 Å². The quantitative estimate of drug-likeness (QED) is 0.663. The first-order valence-electron chi connectivity index (χ1n) is 8.35. The Bertz CT molecular complexity index is 840. The Kier molecular flexibility index (Phi) is 4.14. The molecule has 4 rings (SSSR count). The van der Waals surface area contributed by atoms with Crippen LogP contribution in [0.3, 0.4) is 0 Å². The maximum Gasteiger partial charge on any atom is 0.223 e. The summed E-state index contributed by atoms with van der Waals surface area (Å²) in [7, 11) is 0. The van der Waals surface area contributed by atoms with Gasteiger partial charge >= 0.3 is 0 Å². The van der Waals surface area contributed by atoms with Gasteiger partial charge in [0.05, 0.1) is 10.9 Å². The number of aromatic nitrogens is 4. The van der Waals surface area contributed by atoms with Crippen LogP contribution in [0, 0.1) is 6.92 Å². The molecular weight excluding hydrogens is 320 g/mol. The van der Waals surface area contributed by atoms with Crippen LogP contribution >= 0.6 is 11.8 Å². The minimum atomic E-state index is 0.0914. The monoisotopic (exact) mass is 340 g/mol. The molecule has 124 valence electrons. The standard InChI is InChI=1S/C18H20N4OS/c1-12(17-19-13(2)23-21-17)24-18-20-15-10-6-7-11-16(15)22(18)14-8-4-3-5-9-14/h3-5,8-9,12H,6-7,10-11H2,1-2H3/t12-/m0/s1. The molecule has 1 aromatic carbocycles. The first-order valence-corrected chi connectivity index (χ1v) is 9.23. The number of aryl methyl sites for hydroxylation is 2. The zero-order valence-electron chi connectivity index (χ0n) is 13.9. The Hall–Kier alpha value is -2.08. The lowest BCUT2D eigenvalue weighted by Gasteiger charge is -2.15. The van der Waals surface area contributed by atoms with Crippen molar-refractivity contribution in [2.75, 3.05) is 0 Å². The van der Waals surface area contributed by atoms with Gasteiger partial charge in [-0.2, -0.15) is 4.98 Å². The van der Waals surface area contributed by atoms with Crippen molar-refractivity contribution in [3.05, 3.63) is 53.4 Å². The van der Waals surface area contributed by atoms with E-state index >= 15 is 0 Å². The van der Waals surface area contributed by atoms with Crippen LogP contribution in [0.2, 0.25) is 0 Å². The second-order valence-corrected chi connectivity index (χ2v) is 7.41. The molecule has 0 bridgehead atoms. The molecule has 0 N–H and O–H groups in total. The third-order valence-electron chi connectivity index (χ3n) is 4.31. The highest BCUT2D eigenvalue weighted by molar-refractivity contribution is 7.99. The predicted molar refractivity (Wildman–Crippen MR) is 93.5 cm³/mol. The molecule has 0 unspecified atom stereocenters. The first kappa shape index (κ1) is 15.4. The molecule has 0 aliphatic heterocycles. The molecule has 2 aromatic heterocycles. The van der Waals surface area contributed by atoms with Crippen LogP contribution < -0.4 is 0 Å². The second-order valence-electron chi connectivity index (χ2n) is 6.10. The number of thioether (sulfide) groups is 1. The normalized spacial score (nSPS) is 15.2. The van der Waals surface area contributed by atoms with Crippen LogP contribution in [0.1, 0.15) is 48.1 Å². The van der Waals surface area contributed by atoms with E-state index < -0.39 is 0 Å². The number of imidazole rings is 1. The Morgan fingerprint density at radius 3 is 2.67 bits per heavy atom. The topological polar surface area (TPSA) is 56.7 Å². The predicted octanol–water partition coefficient (Wildman–Crippen LogP) is 4.30. The van der Waals surface area contributed by atoms with Crippen LogP contribution in [0.5, 0.6) is 0 Å². The third-order valence-corrected chi connectivity index (χ3v) is 5.35. The summed E-state index contributed by atoms with van der Waals surface area (Å²) in [5.74, 6) is 1.32. The van der Waals surface area contributed by atoms with E-state index in [1.165, 1.54) is 29.9 Å². The van der Waals surface area contributed by atoms with Gasteiger partial charge in [0.15, 0.2) is 11.0 Å². The largest absolute Gasteiger partial charge is 0.340 e. The maximum absolute atomic E-state index is 5.12. The highest BCUT2D eigenvalue weighted by Gasteiger charge is 2.24. The summed E-state index contributed by atoms with van der Waals surface area (Å²) in [6.07, 6.45) is 4.61. The smallest absolute Gasteiger partial charge is 0.223 e. The zero-order valence-corrected chi connectivity index (χ0v) is 14.7. The maximum atomic E-state index is 5.12. The SMILES string of the molecule is Cc1nc([C@H](C)Sc2nc3c(n2-c2ccccc2)CCCC3)no1. The fourth-order valence-electron chi connectivity index (χ4n) is 3.13. The van der Waals surface area contributed by atoms with E-state index in [1.54, 1.807) is 11.8 Å². The molecule has 0 fully saturated rings. The van der Waals surface area contributed by atoms with Gasteiger partial charge in [-0.05, 0) is 44.7 Å². The minimum absolute atomic E-state index is 0.0914. The van der Waals surface area contributed by atoms with Crippen molar-refractivity contribution >= 4 is 11.8 Å². The Morgan fingerprint density at radius 2 is 1.92 bits per heavy atom. The molecule has 3 aromatic rings. The number of hydrogen-bond acceptors (Lipinski definition) is 5. The van der Waals surface area contributed by atoms with Crippen molar-refractivity contribution in [2.24, 2.45) is 0 Å². The molecule has 1 atom stereocenters. The van der Waals surface area contributed by atoms with Crippen molar-refractivity contribution in [2.45, 2.75) is 49.9 Å². The van der Waals surface area contributed by atoms with Crippen LogP contribution in [0.25, 0.3) is 5.69 Å². The highest BCUT2D eigenvalue weighted by atomic mass is 32.2. The van der Waals surface area contributed by atoms with Gasteiger partial charge in [0.1, 0.15) is 0 Å². The molecule has 1 aliphatic rings. The first-order chi connectivity index (χ1) is 11.7. The lowest BCUT2D eigenvalue weighted by Crippen LogP contribution is -2.07. The number of para-hydroxylation sites is 1. The van der Waals surface area contributed by atoms with Gasteiger partial charge in [0.2, 0.25) is 5.89 Å². The molecular formula is C18H20N4OS. The fourth-order valence-corrected chi connectivity index (χ4v) is 4.13. The average Bonchev–Trinajstić information content (AvgIpc) is 3.19. The fraction of sp³-hybridized carbons (Fsp3) is 0.389. The van der Waals surface area contributed by atoms with Gasteiger partial charge in [-0.15, -0.1) is 0 Å². The van der Waals surface area contributed by atoms with Crippen LogP contribution in [-0.4, -0.2) is 19.7 Å². The summed E-state index contributed by atoms with van der Waals surface area (Å²) in [6, 6.07) is 10.5. The summed E-state index contributed by atoms with van der Waals surface area (Å²) in [6.45, 7) is 3.91. The van der Waals surface area contributed by atoms with Gasteiger partial charge in [-0.3, -0.25) is 4.57 Å². The van der Waals surface area contributed by atoms with Crippen LogP contribution in [-0.2, 0) is 12.8 Å². The summed E-state index contributed by atoms with van der Waals surface area (Å²) >= 11 is 1.69. The van der Waals surface area contributed by atoms with Gasteiger partial charge < -0.3 is 4.52 Å². The summed E-state index contributed by atoms with van der Waals surface area (Å²) in [5, 5.41) is 5.16. The minimum Gasteiger partial charge on any atom is -0.340 e. The van der Waals surface area contributed by atoms with E-state index in [0.717, 1.165) is 23.8 Å². The van der Waals surface area contributed by atoms with Crippen molar-refractivity contribution in [1.82, 2.24) is 19.7 Å². The molecule has 5 nitrogen and oxygen atoms in total. The zero-order chi connectivity index (χ0) is 16.5. The van der Waals surface area contributed by atoms with E-state index in [2.05, 4.69) is 45.9 Å². The summed E-state index contributed by atoms with van der Waals surface area (Å²) < 4.78 is 7.43. The number of hydrogen-bond donors (Lipinski definition) is 0. The molecule has 0 radical (unpaired) electrons. The molecule has 2 heterocycles. The molecule has 0 spiro atoms. The summed E-state index contributed by atoms with van der Waals surface area (Å²) in [5.41, 5.74) is 3.77. The van der Waals surface area contributed by atoms with E-state index in [-0.39, 0.29) is 5.25 Å². The van der Waals surface area contributed by atoms with E-state index in [4.69, 9.17) is 9.51 Å². The van der Waals surface area contributed by atoms with Gasteiger partial charge in [0.25, 0.3) is 0 Å². The Balaban J connectivity index is 1.73. The molecule has 0 saturated heterocycles. The van der Waals surface area contributed by atoms with Gasteiger partial charge in [0, 0.05) is 18.3 Å². The molecule has 0 saturated carbocycles. The van der Waals surface area contributed by atoms with Crippen molar-refractivity contribution < 1.29 is 4.52 Å². The van der Waals surface area contributed by atoms with Crippen LogP contribution in [0.4, 0.5) is 0 Å². The highest BCUT2D eigenvalue weighted by Crippen LogP contribution is 2.37. The number of benzene rings is 1. The lowest BCUT2D eigenvalue weighted by atomic mass is 10.0. The summed E-state index contributed by atoms with van der Waals surface area (Å²) in [4.78, 5) is 9.29. The molecule has 0 amide bonds. The lowest BCUT2D eigenvalue weighted by molar-refractivity contribution is 0.387. The Morgan fingerprint density at radius 1 is 1.12 bits per heavy atom. The molecule has 1 aliphatic carbocycles. The van der Waals surface area contributed by atoms with E-state index in [1.807, 2.05) is 13.0 Å². The number of nitrogens with zero attached hydrogens (tertiary/aromatic N) is 4. The average molecular weight is 340 g/mol. The molecule has 6 heteroatoms. The Labute approximate surface area is 145 Å². The van der Waals surface area contributed by atoms with Gasteiger partial charge in [-0.25, -0.2) is 4.98 Å². The number of rotatable bonds is 4. The van der Waals surface area contributed by atoms with Gasteiger partial charge in [-0.1, -0.05) is 35.1 Å². The second kappa shape index (κ2) is 6.43. The van der Waals surface area contributed by atoms with Crippen molar-refractivity contribution in [1.29, 1.82) is 0 Å². The number of fused-ring (bicyclic) bond motifs is 1. The van der Waals surface area contributed by atoms with Crippen molar-refractivity contribution in [3.63, 3.8) is 0 Å². The van der Waals surface area contributed by atoms with E-state index in [0.29, 0.717) is 5.89 Å². The van der Waals surface area contributed by atoms with Crippen molar-refractivity contribution in [3.8, 4) is 5.69 Å².